The number of pyridine rings is 1. The van der Waals surface area contributed by atoms with Gasteiger partial charge in [-0.05, 0) is 61.4 Å². The molecule has 1 aliphatic carbocycles. The molecule has 0 bridgehead atoms. The van der Waals surface area contributed by atoms with Crippen LogP contribution in [0.15, 0.2) is 42.7 Å². The van der Waals surface area contributed by atoms with Crippen LogP contribution in [0.2, 0.25) is 0 Å². The van der Waals surface area contributed by atoms with E-state index in [9.17, 15) is 14.0 Å². The fourth-order valence-corrected chi connectivity index (χ4v) is 4.05. The van der Waals surface area contributed by atoms with Gasteiger partial charge in [-0.25, -0.2) is 4.39 Å². The summed E-state index contributed by atoms with van der Waals surface area (Å²) in [4.78, 5) is 31.6. The summed E-state index contributed by atoms with van der Waals surface area (Å²) in [6.45, 7) is 2.58. The smallest absolute Gasteiger partial charge is 0.226 e. The van der Waals surface area contributed by atoms with Gasteiger partial charge >= 0.3 is 0 Å². The van der Waals surface area contributed by atoms with Gasteiger partial charge in [-0.1, -0.05) is 18.2 Å². The fraction of sp³-hybridized carbons (Fsp3) is 0.435. The van der Waals surface area contributed by atoms with Crippen molar-refractivity contribution < 1.29 is 14.0 Å². The molecule has 2 aromatic rings. The molecule has 2 atom stereocenters. The molecule has 1 saturated carbocycles. The second-order valence-corrected chi connectivity index (χ2v) is 8.14. The first kappa shape index (κ1) is 19.6. The summed E-state index contributed by atoms with van der Waals surface area (Å²) in [6.07, 6.45) is 6.68. The summed E-state index contributed by atoms with van der Waals surface area (Å²) in [5.74, 6) is -0.293. The molecule has 5 nitrogen and oxygen atoms in total. The van der Waals surface area contributed by atoms with Gasteiger partial charge in [-0.3, -0.25) is 14.6 Å². The van der Waals surface area contributed by atoms with Gasteiger partial charge in [0, 0.05) is 31.4 Å². The highest BCUT2D eigenvalue weighted by Crippen LogP contribution is 2.39. The van der Waals surface area contributed by atoms with Crippen LogP contribution in [-0.4, -0.2) is 28.2 Å². The molecule has 0 spiro atoms. The number of nitrogens with one attached hydrogen (secondary N) is 1. The van der Waals surface area contributed by atoms with Crippen LogP contribution in [0.25, 0.3) is 0 Å². The zero-order chi connectivity index (χ0) is 20.4. The SMILES string of the molecule is Cc1cc([C@@H]2CC[C@@H](C(=O)NCc3cccnc3)CN2C(=O)C2CC2)ccc1F. The third-order valence-electron chi connectivity index (χ3n) is 5.92. The van der Waals surface area contributed by atoms with Gasteiger partial charge in [0.1, 0.15) is 5.82 Å². The maximum atomic E-state index is 13.7. The number of likely N-dealkylation sites (tertiary alicyclic amines) is 1. The molecule has 1 aromatic carbocycles. The number of carbonyl (C=O) groups is 2. The van der Waals surface area contributed by atoms with E-state index >= 15 is 0 Å². The third-order valence-corrected chi connectivity index (χ3v) is 5.92. The maximum absolute atomic E-state index is 13.7. The monoisotopic (exact) mass is 395 g/mol. The Balaban J connectivity index is 1.47. The van der Waals surface area contributed by atoms with Crippen molar-refractivity contribution in [2.24, 2.45) is 11.8 Å². The van der Waals surface area contributed by atoms with Crippen LogP contribution in [0.5, 0.6) is 0 Å². The van der Waals surface area contributed by atoms with E-state index < -0.39 is 0 Å². The molecular formula is C23H26FN3O2. The van der Waals surface area contributed by atoms with Crippen LogP contribution >= 0.6 is 0 Å². The van der Waals surface area contributed by atoms with Crippen molar-refractivity contribution in [3.8, 4) is 0 Å². The minimum Gasteiger partial charge on any atom is -0.352 e. The molecule has 0 unspecified atom stereocenters. The van der Waals surface area contributed by atoms with E-state index in [1.54, 1.807) is 25.4 Å². The molecule has 1 aromatic heterocycles. The molecule has 29 heavy (non-hydrogen) atoms. The lowest BCUT2D eigenvalue weighted by molar-refractivity contribution is -0.140. The van der Waals surface area contributed by atoms with E-state index in [4.69, 9.17) is 0 Å². The Bertz CT molecular complexity index is 898. The maximum Gasteiger partial charge on any atom is 0.226 e. The highest BCUT2D eigenvalue weighted by atomic mass is 19.1. The number of amides is 2. The summed E-state index contributed by atoms with van der Waals surface area (Å²) >= 11 is 0. The standard InChI is InChI=1S/C23H26FN3O2/c1-15-11-18(6-8-20(15)24)21-9-7-19(14-27(21)23(29)17-4-5-17)22(28)26-13-16-3-2-10-25-12-16/h2-3,6,8,10-12,17,19,21H,4-5,7,9,13-14H2,1H3,(H,26,28)/t19-,21+/m1/s1. The number of halogens is 1. The molecule has 1 aliphatic heterocycles. The van der Waals surface area contributed by atoms with E-state index in [1.807, 2.05) is 23.1 Å². The molecule has 2 heterocycles. The van der Waals surface area contributed by atoms with E-state index in [-0.39, 0.29) is 35.5 Å². The minimum absolute atomic E-state index is 0.0313. The van der Waals surface area contributed by atoms with E-state index in [1.165, 1.54) is 6.07 Å². The third kappa shape index (κ3) is 4.47. The summed E-state index contributed by atoms with van der Waals surface area (Å²) in [5, 5.41) is 2.98. The Labute approximate surface area is 170 Å². The van der Waals surface area contributed by atoms with Crippen molar-refractivity contribution in [2.75, 3.05) is 6.54 Å². The van der Waals surface area contributed by atoms with Crippen molar-refractivity contribution in [1.82, 2.24) is 15.2 Å². The number of rotatable bonds is 5. The average Bonchev–Trinajstić information content (AvgIpc) is 3.59. The highest BCUT2D eigenvalue weighted by Gasteiger charge is 2.41. The summed E-state index contributed by atoms with van der Waals surface area (Å²) < 4.78 is 13.7. The van der Waals surface area contributed by atoms with Gasteiger partial charge in [0.2, 0.25) is 11.8 Å². The molecule has 152 valence electrons. The van der Waals surface area contributed by atoms with Gasteiger partial charge in [0.25, 0.3) is 0 Å². The van der Waals surface area contributed by atoms with Gasteiger partial charge in [0.05, 0.1) is 12.0 Å². The van der Waals surface area contributed by atoms with E-state index in [0.29, 0.717) is 31.5 Å². The first-order valence-electron chi connectivity index (χ1n) is 10.3. The first-order valence-corrected chi connectivity index (χ1v) is 10.3. The van der Waals surface area contributed by atoms with Crippen molar-refractivity contribution in [3.63, 3.8) is 0 Å². The normalized spacial score (nSPS) is 21.7. The molecule has 1 saturated heterocycles. The van der Waals surface area contributed by atoms with Crippen molar-refractivity contribution in [3.05, 3.63) is 65.2 Å². The molecule has 2 fully saturated rings. The molecule has 0 radical (unpaired) electrons. The van der Waals surface area contributed by atoms with Crippen LogP contribution in [0.4, 0.5) is 4.39 Å². The molecule has 2 aliphatic rings. The number of piperidine rings is 1. The van der Waals surface area contributed by atoms with Gasteiger partial charge < -0.3 is 10.2 Å². The lowest BCUT2D eigenvalue weighted by Crippen LogP contribution is -2.47. The summed E-state index contributed by atoms with van der Waals surface area (Å²) in [5.41, 5.74) is 2.48. The minimum atomic E-state index is -0.239. The van der Waals surface area contributed by atoms with E-state index in [2.05, 4.69) is 10.3 Å². The lowest BCUT2D eigenvalue weighted by atomic mass is 9.87. The first-order chi connectivity index (χ1) is 14.0. The molecule has 1 N–H and O–H groups in total. The number of benzene rings is 1. The Morgan fingerprint density at radius 1 is 1.17 bits per heavy atom. The van der Waals surface area contributed by atoms with Crippen LogP contribution in [0, 0.1) is 24.6 Å². The Kier molecular flexibility index (Phi) is 5.60. The lowest BCUT2D eigenvalue weighted by Gasteiger charge is -2.40. The van der Waals surface area contributed by atoms with Crippen molar-refractivity contribution in [1.29, 1.82) is 0 Å². The van der Waals surface area contributed by atoms with Gasteiger partial charge in [-0.2, -0.15) is 0 Å². The quantitative estimate of drug-likeness (QED) is 0.842. The Morgan fingerprint density at radius 3 is 2.66 bits per heavy atom. The van der Waals surface area contributed by atoms with Crippen molar-refractivity contribution >= 4 is 11.8 Å². The average molecular weight is 395 g/mol. The molecule has 6 heteroatoms. The Hall–Kier alpha value is -2.76. The predicted octanol–water partition coefficient (Wildman–Crippen LogP) is 3.54. The summed E-state index contributed by atoms with van der Waals surface area (Å²) in [6, 6.07) is 8.73. The molecule has 2 amide bonds. The fourth-order valence-electron chi connectivity index (χ4n) is 4.05. The number of hydrogen-bond acceptors (Lipinski definition) is 3. The van der Waals surface area contributed by atoms with Gasteiger partial charge in [0.15, 0.2) is 0 Å². The largest absolute Gasteiger partial charge is 0.352 e. The van der Waals surface area contributed by atoms with Crippen LogP contribution < -0.4 is 5.32 Å². The number of hydrogen-bond donors (Lipinski definition) is 1. The predicted molar refractivity (Wildman–Crippen MR) is 107 cm³/mol. The topological polar surface area (TPSA) is 62.3 Å². The number of aryl methyl sites for hydroxylation is 1. The van der Waals surface area contributed by atoms with Crippen molar-refractivity contribution in [2.45, 2.75) is 45.2 Å². The van der Waals surface area contributed by atoms with E-state index in [0.717, 1.165) is 24.0 Å². The number of nitrogens with zero attached hydrogens (tertiary/aromatic N) is 2. The van der Waals surface area contributed by atoms with Crippen LogP contribution in [-0.2, 0) is 16.1 Å². The number of carbonyl (C=O) groups excluding carboxylic acids is 2. The molecular weight excluding hydrogens is 369 g/mol. The second-order valence-electron chi connectivity index (χ2n) is 8.14. The Morgan fingerprint density at radius 2 is 1.97 bits per heavy atom. The summed E-state index contributed by atoms with van der Waals surface area (Å²) in [7, 11) is 0. The zero-order valence-corrected chi connectivity index (χ0v) is 16.6. The number of aromatic nitrogens is 1. The highest BCUT2D eigenvalue weighted by molar-refractivity contribution is 5.84. The van der Waals surface area contributed by atoms with Gasteiger partial charge in [-0.15, -0.1) is 0 Å². The zero-order valence-electron chi connectivity index (χ0n) is 16.6. The second kappa shape index (κ2) is 8.31. The molecule has 4 rings (SSSR count). The van der Waals surface area contributed by atoms with Crippen LogP contribution in [0.3, 0.4) is 0 Å². The van der Waals surface area contributed by atoms with Crippen LogP contribution in [0.1, 0.15) is 48.4 Å².